The summed E-state index contributed by atoms with van der Waals surface area (Å²) in [5.41, 5.74) is 1.64. The van der Waals surface area contributed by atoms with Gasteiger partial charge in [-0.3, -0.25) is 19.3 Å². The first-order valence-electron chi connectivity index (χ1n) is 16.1. The summed E-state index contributed by atoms with van der Waals surface area (Å²) < 4.78 is 0. The van der Waals surface area contributed by atoms with Crippen molar-refractivity contribution in [3.63, 3.8) is 0 Å². The summed E-state index contributed by atoms with van der Waals surface area (Å²) in [4.78, 5) is 39.8. The maximum Gasteiger partial charge on any atom is 0.293 e. The van der Waals surface area contributed by atoms with Crippen molar-refractivity contribution in [3.05, 3.63) is 34.7 Å². The average molecular weight is 569 g/mol. The first kappa shape index (κ1) is 32.4. The van der Waals surface area contributed by atoms with Gasteiger partial charge in [0.05, 0.1) is 4.91 Å². The van der Waals surface area contributed by atoms with E-state index < -0.39 is 0 Å². The van der Waals surface area contributed by atoms with Crippen molar-refractivity contribution in [1.82, 2.24) is 4.90 Å². The molecule has 1 aliphatic heterocycles. The Hall–Kier alpha value is -2.08. The Labute approximate surface area is 247 Å². The number of unbranched alkanes of at least 4 members (excludes halogenated alkanes) is 12. The monoisotopic (exact) mass is 568 g/mol. The molecule has 1 aliphatic carbocycles. The number of nitrogens with zero attached hydrogens (tertiary/aromatic N) is 1. The number of carbonyl (C=O) groups excluding carboxylic acids is 3. The van der Waals surface area contributed by atoms with Crippen LogP contribution in [0.5, 0.6) is 0 Å². The maximum absolute atomic E-state index is 13.0. The molecule has 3 amide bonds. The van der Waals surface area contributed by atoms with Gasteiger partial charge in [0.2, 0.25) is 5.91 Å². The lowest BCUT2D eigenvalue weighted by Gasteiger charge is -2.35. The predicted molar refractivity (Wildman–Crippen MR) is 169 cm³/mol. The number of anilines is 1. The maximum atomic E-state index is 13.0. The number of rotatable bonds is 18. The predicted octanol–water partition coefficient (Wildman–Crippen LogP) is 10.1. The highest BCUT2D eigenvalue weighted by atomic mass is 32.2. The highest BCUT2D eigenvalue weighted by Crippen LogP contribution is 2.40. The molecule has 0 radical (unpaired) electrons. The summed E-state index contributed by atoms with van der Waals surface area (Å²) in [6.07, 6.45) is 24.9. The van der Waals surface area contributed by atoms with Crippen molar-refractivity contribution in [2.24, 2.45) is 5.41 Å². The second kappa shape index (κ2) is 17.7. The number of carbonyl (C=O) groups is 3. The van der Waals surface area contributed by atoms with Gasteiger partial charge in [0.1, 0.15) is 0 Å². The van der Waals surface area contributed by atoms with Crippen LogP contribution in [0.25, 0.3) is 6.08 Å². The van der Waals surface area contributed by atoms with Crippen molar-refractivity contribution < 1.29 is 14.4 Å². The van der Waals surface area contributed by atoms with Gasteiger partial charge >= 0.3 is 0 Å². The molecular formula is C34H52N2O3S. The summed E-state index contributed by atoms with van der Waals surface area (Å²) in [6, 6.07) is 7.50. The normalized spacial score (nSPS) is 18.1. The minimum atomic E-state index is -0.183. The zero-order valence-corrected chi connectivity index (χ0v) is 25.9. The Kier molecular flexibility index (Phi) is 14.3. The topological polar surface area (TPSA) is 66.5 Å². The third-order valence-electron chi connectivity index (χ3n) is 8.47. The fourth-order valence-electron chi connectivity index (χ4n) is 5.92. The van der Waals surface area contributed by atoms with Gasteiger partial charge in [-0.2, -0.15) is 0 Å². The van der Waals surface area contributed by atoms with Crippen LogP contribution in [0.15, 0.2) is 29.2 Å². The molecule has 1 saturated carbocycles. The first-order valence-corrected chi connectivity index (χ1v) is 16.9. The molecule has 0 aromatic heterocycles. The number of benzene rings is 1. The van der Waals surface area contributed by atoms with Crippen LogP contribution >= 0.6 is 11.8 Å². The lowest BCUT2D eigenvalue weighted by atomic mass is 9.75. The van der Waals surface area contributed by atoms with E-state index in [1.165, 1.54) is 94.8 Å². The molecular weight excluding hydrogens is 516 g/mol. The second-order valence-electron chi connectivity index (χ2n) is 12.3. The van der Waals surface area contributed by atoms with Gasteiger partial charge in [-0.1, -0.05) is 122 Å². The summed E-state index contributed by atoms with van der Waals surface area (Å²) >= 11 is 1.03. The van der Waals surface area contributed by atoms with Crippen LogP contribution < -0.4 is 5.32 Å². The molecule has 1 aromatic rings. The molecule has 6 heteroatoms. The van der Waals surface area contributed by atoms with Crippen LogP contribution in [-0.4, -0.2) is 28.5 Å². The van der Waals surface area contributed by atoms with Crippen molar-refractivity contribution >= 4 is 40.6 Å². The zero-order chi connectivity index (χ0) is 28.6. The van der Waals surface area contributed by atoms with Crippen LogP contribution in [0.4, 0.5) is 10.5 Å². The van der Waals surface area contributed by atoms with E-state index in [0.29, 0.717) is 17.9 Å². The quantitative estimate of drug-likeness (QED) is 0.141. The molecule has 2 fully saturated rings. The molecule has 1 heterocycles. The molecule has 1 N–H and O–H groups in total. The molecule has 0 atom stereocenters. The lowest BCUT2D eigenvalue weighted by molar-refractivity contribution is -0.124. The minimum absolute atomic E-state index is 0.0341. The number of nitrogens with one attached hydrogen (secondary N) is 1. The molecule has 222 valence electrons. The molecule has 3 rings (SSSR count). The van der Waals surface area contributed by atoms with Crippen molar-refractivity contribution in [3.8, 4) is 0 Å². The molecule has 40 heavy (non-hydrogen) atoms. The van der Waals surface area contributed by atoms with Crippen LogP contribution in [0, 0.1) is 5.41 Å². The van der Waals surface area contributed by atoms with Gasteiger partial charge in [0.25, 0.3) is 11.1 Å². The van der Waals surface area contributed by atoms with E-state index in [1.54, 1.807) is 6.08 Å². The molecule has 0 bridgehead atoms. The number of thioether (sulfide) groups is 1. The lowest BCUT2D eigenvalue weighted by Crippen LogP contribution is -2.39. The summed E-state index contributed by atoms with van der Waals surface area (Å²) in [5, 5.41) is 2.82. The Morgan fingerprint density at radius 2 is 1.40 bits per heavy atom. The largest absolute Gasteiger partial charge is 0.326 e. The van der Waals surface area contributed by atoms with Gasteiger partial charge in [-0.15, -0.1) is 0 Å². The molecule has 1 saturated heterocycles. The highest BCUT2D eigenvalue weighted by molar-refractivity contribution is 8.18. The third kappa shape index (κ3) is 11.4. The van der Waals surface area contributed by atoms with Crippen molar-refractivity contribution in [1.29, 1.82) is 0 Å². The van der Waals surface area contributed by atoms with Crippen LogP contribution in [0.3, 0.4) is 0 Å². The highest BCUT2D eigenvalue weighted by Gasteiger charge is 2.40. The van der Waals surface area contributed by atoms with Crippen molar-refractivity contribution in [2.75, 3.05) is 11.9 Å². The van der Waals surface area contributed by atoms with Gasteiger partial charge < -0.3 is 5.32 Å². The van der Waals surface area contributed by atoms with E-state index in [-0.39, 0.29) is 22.5 Å². The Balaban J connectivity index is 1.30. The van der Waals surface area contributed by atoms with Gasteiger partial charge in [-0.05, 0) is 60.2 Å². The zero-order valence-electron chi connectivity index (χ0n) is 25.1. The minimum Gasteiger partial charge on any atom is -0.326 e. The SMILES string of the molecule is CCCCCCCCCCCCCCCC(=O)Nc1ccc(C=C2SC(=O)N(CC3(C)CCCCC3)C2=O)cc1. The first-order chi connectivity index (χ1) is 19.4. The molecule has 1 aromatic carbocycles. The van der Waals surface area contributed by atoms with Crippen molar-refractivity contribution in [2.45, 2.75) is 136 Å². The Morgan fingerprint density at radius 3 is 1.98 bits per heavy atom. The van der Waals surface area contributed by atoms with Gasteiger partial charge in [0.15, 0.2) is 0 Å². The van der Waals surface area contributed by atoms with Crippen LogP contribution in [0.1, 0.15) is 141 Å². The fourth-order valence-corrected chi connectivity index (χ4v) is 6.76. The molecule has 0 spiro atoms. The van der Waals surface area contributed by atoms with Crippen LogP contribution in [-0.2, 0) is 9.59 Å². The Morgan fingerprint density at radius 1 is 0.850 bits per heavy atom. The number of imide groups is 1. The Bertz CT molecular complexity index is 966. The summed E-state index contributed by atoms with van der Waals surface area (Å²) in [7, 11) is 0. The number of hydrogen-bond acceptors (Lipinski definition) is 4. The van der Waals surface area contributed by atoms with E-state index in [4.69, 9.17) is 0 Å². The van der Waals surface area contributed by atoms with E-state index in [9.17, 15) is 14.4 Å². The summed E-state index contributed by atoms with van der Waals surface area (Å²) in [6.45, 7) is 4.98. The smallest absolute Gasteiger partial charge is 0.293 e. The molecule has 5 nitrogen and oxygen atoms in total. The standard InChI is InChI=1S/C34H52N2O3S/c1-3-4-5-6-7-8-9-10-11-12-13-14-16-19-31(37)35-29-22-20-28(21-23-29)26-30-32(38)36(33(39)40-30)27-34(2)24-17-15-18-25-34/h20-23,26H,3-19,24-25,27H2,1-2H3,(H,35,37). The van der Waals surface area contributed by atoms with E-state index in [1.807, 2.05) is 24.3 Å². The van der Waals surface area contributed by atoms with E-state index >= 15 is 0 Å². The summed E-state index contributed by atoms with van der Waals surface area (Å²) in [5.74, 6) is -0.134. The second-order valence-corrected chi connectivity index (χ2v) is 13.3. The number of hydrogen-bond donors (Lipinski definition) is 1. The van der Waals surface area contributed by atoms with Crippen LogP contribution in [0.2, 0.25) is 0 Å². The number of amides is 3. The van der Waals surface area contributed by atoms with Gasteiger partial charge in [0, 0.05) is 18.7 Å². The third-order valence-corrected chi connectivity index (χ3v) is 9.38. The van der Waals surface area contributed by atoms with Gasteiger partial charge in [-0.25, -0.2) is 0 Å². The van der Waals surface area contributed by atoms with E-state index in [0.717, 1.165) is 48.7 Å². The molecule has 0 unspecified atom stereocenters. The van der Waals surface area contributed by atoms with E-state index in [2.05, 4.69) is 19.2 Å². The fraction of sp³-hybridized carbons (Fsp3) is 0.676. The average Bonchev–Trinajstić information content (AvgIpc) is 3.19. The molecule has 2 aliphatic rings.